The Bertz CT molecular complexity index is 1090. The highest BCUT2D eigenvalue weighted by molar-refractivity contribution is 7.99. The summed E-state index contributed by atoms with van der Waals surface area (Å²) in [4.78, 5) is 23.7. The standard InChI is InChI=1S/C22H23N5O3S/c1-4-30-21(29)12-8-17-6-9-18(10-7-17)23-20(28)14-31-22-24-25-26-27(22)19-11-5-15(2)16(3)13-19/h5-13H,4,14H2,1-3H3,(H,23,28)/b12-8+. The molecule has 9 heteroatoms. The van der Waals surface area contributed by atoms with Crippen LogP contribution < -0.4 is 5.32 Å². The quantitative estimate of drug-likeness (QED) is 0.327. The number of carbonyl (C=O) groups excluding carboxylic acids is 2. The molecule has 3 rings (SSSR count). The second-order valence-corrected chi connectivity index (χ2v) is 7.63. The molecule has 3 aromatic rings. The Kier molecular flexibility index (Phi) is 7.55. The van der Waals surface area contributed by atoms with Crippen molar-refractivity contribution in [3.05, 3.63) is 65.2 Å². The number of hydrogen-bond donors (Lipinski definition) is 1. The fraction of sp³-hybridized carbons (Fsp3) is 0.227. The number of thioether (sulfide) groups is 1. The molecule has 0 saturated carbocycles. The van der Waals surface area contributed by atoms with Crippen molar-refractivity contribution in [2.45, 2.75) is 25.9 Å². The van der Waals surface area contributed by atoms with Gasteiger partial charge in [-0.05, 0) is 78.2 Å². The summed E-state index contributed by atoms with van der Waals surface area (Å²) in [6, 6.07) is 13.1. The van der Waals surface area contributed by atoms with Crippen LogP contribution >= 0.6 is 11.8 Å². The second kappa shape index (κ2) is 10.5. The van der Waals surface area contributed by atoms with Crippen LogP contribution in [0.3, 0.4) is 0 Å². The Balaban J connectivity index is 1.56. The lowest BCUT2D eigenvalue weighted by molar-refractivity contribution is -0.137. The number of aromatic nitrogens is 4. The third kappa shape index (κ3) is 6.26. The molecule has 1 amide bonds. The zero-order chi connectivity index (χ0) is 22.2. The number of rotatable bonds is 8. The molecule has 0 fully saturated rings. The summed E-state index contributed by atoms with van der Waals surface area (Å²) in [5.41, 5.74) is 4.66. The first kappa shape index (κ1) is 22.2. The molecule has 0 aliphatic heterocycles. The summed E-state index contributed by atoms with van der Waals surface area (Å²) in [7, 11) is 0. The molecule has 2 aromatic carbocycles. The van der Waals surface area contributed by atoms with Gasteiger partial charge >= 0.3 is 5.97 Å². The van der Waals surface area contributed by atoms with Crippen molar-refractivity contribution in [2.75, 3.05) is 17.7 Å². The average Bonchev–Trinajstić information content (AvgIpc) is 3.23. The minimum absolute atomic E-state index is 0.162. The van der Waals surface area contributed by atoms with Crippen LogP contribution in [-0.4, -0.2) is 44.4 Å². The van der Waals surface area contributed by atoms with Crippen molar-refractivity contribution in [2.24, 2.45) is 0 Å². The molecule has 1 aromatic heterocycles. The van der Waals surface area contributed by atoms with Crippen molar-refractivity contribution in [1.29, 1.82) is 0 Å². The van der Waals surface area contributed by atoms with Gasteiger partial charge in [0.25, 0.3) is 0 Å². The number of tetrazole rings is 1. The molecular weight excluding hydrogens is 414 g/mol. The fourth-order valence-electron chi connectivity index (χ4n) is 2.65. The molecule has 0 saturated heterocycles. The predicted octanol–water partition coefficient (Wildman–Crippen LogP) is 3.59. The third-order valence-corrected chi connectivity index (χ3v) is 5.32. The van der Waals surface area contributed by atoms with E-state index in [9.17, 15) is 9.59 Å². The summed E-state index contributed by atoms with van der Waals surface area (Å²) < 4.78 is 6.46. The van der Waals surface area contributed by atoms with Gasteiger partial charge in [0.1, 0.15) is 0 Å². The van der Waals surface area contributed by atoms with Gasteiger partial charge in [-0.1, -0.05) is 30.0 Å². The highest BCUT2D eigenvalue weighted by Crippen LogP contribution is 2.20. The normalized spacial score (nSPS) is 10.9. The maximum Gasteiger partial charge on any atom is 0.330 e. The molecule has 0 unspecified atom stereocenters. The molecular formula is C22H23N5O3S. The highest BCUT2D eigenvalue weighted by Gasteiger charge is 2.12. The van der Waals surface area contributed by atoms with Gasteiger partial charge < -0.3 is 10.1 Å². The van der Waals surface area contributed by atoms with Crippen LogP contribution in [0.4, 0.5) is 5.69 Å². The first-order valence-corrected chi connectivity index (χ1v) is 10.7. The molecule has 31 heavy (non-hydrogen) atoms. The number of hydrogen-bond acceptors (Lipinski definition) is 7. The number of anilines is 1. The summed E-state index contributed by atoms with van der Waals surface area (Å²) in [5.74, 6) is -0.398. The van der Waals surface area contributed by atoms with E-state index in [-0.39, 0.29) is 17.6 Å². The first-order valence-electron chi connectivity index (χ1n) is 9.70. The van der Waals surface area contributed by atoms with E-state index in [4.69, 9.17) is 4.74 Å². The Morgan fingerprint density at radius 1 is 1.13 bits per heavy atom. The number of nitrogens with zero attached hydrogens (tertiary/aromatic N) is 4. The van der Waals surface area contributed by atoms with Crippen LogP contribution in [-0.2, 0) is 14.3 Å². The van der Waals surface area contributed by atoms with Gasteiger partial charge in [-0.3, -0.25) is 4.79 Å². The van der Waals surface area contributed by atoms with Gasteiger partial charge in [-0.15, -0.1) is 5.10 Å². The Labute approximate surface area is 184 Å². The number of nitrogens with one attached hydrogen (secondary N) is 1. The van der Waals surface area contributed by atoms with Gasteiger partial charge in [0.2, 0.25) is 11.1 Å². The molecule has 1 N–H and O–H groups in total. The fourth-order valence-corrected chi connectivity index (χ4v) is 3.34. The van der Waals surface area contributed by atoms with Crippen molar-refractivity contribution >= 4 is 35.4 Å². The highest BCUT2D eigenvalue weighted by atomic mass is 32.2. The van der Waals surface area contributed by atoms with Gasteiger partial charge in [0.05, 0.1) is 18.0 Å². The second-order valence-electron chi connectivity index (χ2n) is 6.69. The lowest BCUT2D eigenvalue weighted by atomic mass is 10.1. The molecule has 0 bridgehead atoms. The van der Waals surface area contributed by atoms with Crippen molar-refractivity contribution < 1.29 is 14.3 Å². The Morgan fingerprint density at radius 3 is 2.61 bits per heavy atom. The summed E-state index contributed by atoms with van der Waals surface area (Å²) in [5, 5.41) is 15.2. The maximum absolute atomic E-state index is 12.3. The van der Waals surface area contributed by atoms with Gasteiger partial charge in [-0.25, -0.2) is 4.79 Å². The largest absolute Gasteiger partial charge is 0.463 e. The third-order valence-electron chi connectivity index (χ3n) is 4.40. The number of aryl methyl sites for hydroxylation is 2. The predicted molar refractivity (Wildman–Crippen MR) is 120 cm³/mol. The van der Waals surface area contributed by atoms with Gasteiger partial charge in [0, 0.05) is 11.8 Å². The van der Waals surface area contributed by atoms with Crippen molar-refractivity contribution in [1.82, 2.24) is 20.2 Å². The van der Waals surface area contributed by atoms with E-state index in [1.54, 1.807) is 41.9 Å². The van der Waals surface area contributed by atoms with Gasteiger partial charge in [0.15, 0.2) is 0 Å². The molecule has 1 heterocycles. The van der Waals surface area contributed by atoms with E-state index in [1.807, 2.05) is 32.0 Å². The zero-order valence-corrected chi connectivity index (χ0v) is 18.3. The molecule has 8 nitrogen and oxygen atoms in total. The number of benzene rings is 2. The first-order chi connectivity index (χ1) is 15.0. The van der Waals surface area contributed by atoms with E-state index in [1.165, 1.54) is 23.4 Å². The number of carbonyl (C=O) groups is 2. The Morgan fingerprint density at radius 2 is 1.90 bits per heavy atom. The van der Waals surface area contributed by atoms with E-state index in [0.717, 1.165) is 16.8 Å². The number of ether oxygens (including phenoxy) is 1. The summed E-state index contributed by atoms with van der Waals surface area (Å²) >= 11 is 1.26. The van der Waals surface area contributed by atoms with E-state index in [0.29, 0.717) is 17.5 Å². The molecule has 0 aliphatic rings. The minimum Gasteiger partial charge on any atom is -0.463 e. The van der Waals surface area contributed by atoms with E-state index in [2.05, 4.69) is 20.8 Å². The minimum atomic E-state index is -0.389. The topological polar surface area (TPSA) is 99.0 Å². The molecule has 0 aliphatic carbocycles. The van der Waals surface area contributed by atoms with Gasteiger partial charge in [-0.2, -0.15) is 4.68 Å². The number of amides is 1. The molecule has 0 radical (unpaired) electrons. The van der Waals surface area contributed by atoms with E-state index < -0.39 is 0 Å². The van der Waals surface area contributed by atoms with Crippen LogP contribution in [0.15, 0.2) is 53.7 Å². The lowest BCUT2D eigenvalue weighted by Crippen LogP contribution is -2.14. The Hall–Kier alpha value is -3.46. The van der Waals surface area contributed by atoms with Crippen LogP contribution in [0.2, 0.25) is 0 Å². The average molecular weight is 438 g/mol. The zero-order valence-electron chi connectivity index (χ0n) is 17.5. The summed E-state index contributed by atoms with van der Waals surface area (Å²) in [6.07, 6.45) is 3.03. The molecule has 0 spiro atoms. The monoisotopic (exact) mass is 437 g/mol. The van der Waals surface area contributed by atoms with Crippen LogP contribution in [0, 0.1) is 13.8 Å². The molecule has 160 valence electrons. The van der Waals surface area contributed by atoms with Crippen LogP contribution in [0.5, 0.6) is 0 Å². The van der Waals surface area contributed by atoms with Crippen molar-refractivity contribution in [3.63, 3.8) is 0 Å². The smallest absolute Gasteiger partial charge is 0.330 e. The lowest BCUT2D eigenvalue weighted by Gasteiger charge is -2.07. The molecule has 0 atom stereocenters. The van der Waals surface area contributed by atoms with Crippen LogP contribution in [0.1, 0.15) is 23.6 Å². The SMILES string of the molecule is CCOC(=O)/C=C/c1ccc(NC(=O)CSc2nnnn2-c2ccc(C)c(C)c2)cc1. The maximum atomic E-state index is 12.3. The number of esters is 1. The van der Waals surface area contributed by atoms with E-state index >= 15 is 0 Å². The summed E-state index contributed by atoms with van der Waals surface area (Å²) in [6.45, 7) is 6.16. The van der Waals surface area contributed by atoms with Crippen LogP contribution in [0.25, 0.3) is 11.8 Å². The van der Waals surface area contributed by atoms with Crippen molar-refractivity contribution in [3.8, 4) is 5.69 Å².